The Morgan fingerprint density at radius 2 is 2.32 bits per heavy atom. The number of ether oxygens (including phenoxy) is 1. The summed E-state index contributed by atoms with van der Waals surface area (Å²) in [5.41, 5.74) is 0.871. The minimum absolute atomic E-state index is 0.0203. The first-order valence-electron chi connectivity index (χ1n) is 6.12. The first kappa shape index (κ1) is 14.7. The molecular formula is C12H17ClN2O3S. The van der Waals surface area contributed by atoms with Crippen molar-refractivity contribution in [3.63, 3.8) is 0 Å². The number of hydrogen-bond donors (Lipinski definition) is 0. The average molecular weight is 305 g/mol. The fraction of sp³-hybridized carbons (Fsp3) is 0.583. The van der Waals surface area contributed by atoms with Crippen molar-refractivity contribution in [3.05, 3.63) is 29.0 Å². The topological polar surface area (TPSA) is 59.5 Å². The van der Waals surface area contributed by atoms with Crippen LogP contribution in [0.1, 0.15) is 12.0 Å². The van der Waals surface area contributed by atoms with Crippen molar-refractivity contribution in [1.29, 1.82) is 0 Å². The zero-order valence-corrected chi connectivity index (χ0v) is 12.3. The van der Waals surface area contributed by atoms with Crippen molar-refractivity contribution in [2.75, 3.05) is 26.0 Å². The number of rotatable bonds is 5. The quantitative estimate of drug-likeness (QED) is 0.770. The third-order valence-corrected chi connectivity index (χ3v) is 5.33. The van der Waals surface area contributed by atoms with Crippen LogP contribution < -0.4 is 0 Å². The van der Waals surface area contributed by atoms with E-state index in [-0.39, 0.29) is 11.9 Å². The Bertz CT molecular complexity index is 518. The third kappa shape index (κ3) is 3.89. The van der Waals surface area contributed by atoms with Crippen molar-refractivity contribution in [1.82, 2.24) is 9.29 Å². The summed E-state index contributed by atoms with van der Waals surface area (Å²) in [5, 5.41) is 0.411. The van der Waals surface area contributed by atoms with Gasteiger partial charge < -0.3 is 4.74 Å². The molecule has 1 aliphatic rings. The lowest BCUT2D eigenvalue weighted by Gasteiger charge is -2.16. The molecule has 1 unspecified atom stereocenters. The van der Waals surface area contributed by atoms with E-state index in [4.69, 9.17) is 16.3 Å². The smallest absolute Gasteiger partial charge is 0.214 e. The summed E-state index contributed by atoms with van der Waals surface area (Å²) >= 11 is 5.69. The summed E-state index contributed by atoms with van der Waals surface area (Å²) in [4.78, 5) is 3.94. The van der Waals surface area contributed by atoms with Gasteiger partial charge in [-0.05, 0) is 24.5 Å². The van der Waals surface area contributed by atoms with Crippen LogP contribution in [0.25, 0.3) is 0 Å². The van der Waals surface area contributed by atoms with Gasteiger partial charge in [-0.25, -0.2) is 13.4 Å². The van der Waals surface area contributed by atoms with E-state index in [1.807, 2.05) is 0 Å². The fourth-order valence-corrected chi connectivity index (χ4v) is 3.71. The Morgan fingerprint density at radius 1 is 1.53 bits per heavy atom. The fourth-order valence-electron chi connectivity index (χ4n) is 2.07. The van der Waals surface area contributed by atoms with E-state index in [0.29, 0.717) is 24.7 Å². The molecule has 0 saturated carbocycles. The SMILES string of the molecule is COC1CCN(S(=O)(=O)CCc2ccc(Cl)nc2)C1. The molecule has 0 spiro atoms. The van der Waals surface area contributed by atoms with Gasteiger partial charge in [-0.1, -0.05) is 17.7 Å². The summed E-state index contributed by atoms with van der Waals surface area (Å²) in [7, 11) is -1.61. The van der Waals surface area contributed by atoms with Gasteiger partial charge >= 0.3 is 0 Å². The van der Waals surface area contributed by atoms with E-state index in [1.54, 1.807) is 25.4 Å². The van der Waals surface area contributed by atoms with Crippen LogP contribution in [0.15, 0.2) is 18.3 Å². The number of hydrogen-bond acceptors (Lipinski definition) is 4. The molecule has 0 aromatic carbocycles. The second kappa shape index (κ2) is 6.17. The largest absolute Gasteiger partial charge is 0.380 e. The maximum Gasteiger partial charge on any atom is 0.214 e. The van der Waals surface area contributed by atoms with Gasteiger partial charge in [-0.2, -0.15) is 4.31 Å². The standard InChI is InChI=1S/C12H17ClN2O3S/c1-18-11-4-6-15(9-11)19(16,17)7-5-10-2-3-12(13)14-8-10/h2-3,8,11H,4-7,9H2,1H3. The van der Waals surface area contributed by atoms with Gasteiger partial charge in [0.05, 0.1) is 11.9 Å². The van der Waals surface area contributed by atoms with Gasteiger partial charge in [0, 0.05) is 26.4 Å². The molecule has 5 nitrogen and oxygen atoms in total. The average Bonchev–Trinajstić information content (AvgIpc) is 2.88. The highest BCUT2D eigenvalue weighted by Gasteiger charge is 2.30. The zero-order chi connectivity index (χ0) is 13.9. The Hall–Kier alpha value is -0.690. The van der Waals surface area contributed by atoms with Crippen LogP contribution >= 0.6 is 11.6 Å². The number of halogens is 1. The van der Waals surface area contributed by atoms with Crippen LogP contribution in [0.5, 0.6) is 0 Å². The summed E-state index contributed by atoms with van der Waals surface area (Å²) in [6, 6.07) is 3.47. The van der Waals surface area contributed by atoms with E-state index in [2.05, 4.69) is 4.98 Å². The maximum absolute atomic E-state index is 12.2. The second-order valence-corrected chi connectivity index (χ2v) is 7.04. The minimum Gasteiger partial charge on any atom is -0.380 e. The molecule has 0 amide bonds. The summed E-state index contributed by atoms with van der Waals surface area (Å²) in [5.74, 6) is 0.0900. The zero-order valence-electron chi connectivity index (χ0n) is 10.8. The lowest BCUT2D eigenvalue weighted by molar-refractivity contribution is 0.115. The second-order valence-electron chi connectivity index (χ2n) is 4.56. The molecule has 1 fully saturated rings. The molecule has 7 heteroatoms. The van der Waals surface area contributed by atoms with E-state index in [0.717, 1.165) is 12.0 Å². The Kier molecular flexibility index (Phi) is 4.78. The summed E-state index contributed by atoms with van der Waals surface area (Å²) in [6.07, 6.45) is 2.84. The lowest BCUT2D eigenvalue weighted by Crippen LogP contribution is -2.32. The number of sulfonamides is 1. The van der Waals surface area contributed by atoms with Crippen molar-refractivity contribution in [2.45, 2.75) is 18.9 Å². The van der Waals surface area contributed by atoms with Gasteiger partial charge in [0.25, 0.3) is 0 Å². The van der Waals surface area contributed by atoms with Crippen molar-refractivity contribution < 1.29 is 13.2 Å². The van der Waals surface area contributed by atoms with Crippen LogP contribution in [-0.4, -0.2) is 49.8 Å². The van der Waals surface area contributed by atoms with Crippen LogP contribution in [0.4, 0.5) is 0 Å². The van der Waals surface area contributed by atoms with Crippen LogP contribution in [0, 0.1) is 0 Å². The van der Waals surface area contributed by atoms with Crippen molar-refractivity contribution in [2.24, 2.45) is 0 Å². The summed E-state index contributed by atoms with van der Waals surface area (Å²) < 4.78 is 31.0. The molecule has 19 heavy (non-hydrogen) atoms. The van der Waals surface area contributed by atoms with Gasteiger partial charge in [0.15, 0.2) is 0 Å². The van der Waals surface area contributed by atoms with Gasteiger partial charge in [-0.3, -0.25) is 0 Å². The predicted molar refractivity (Wildman–Crippen MR) is 73.7 cm³/mol. The molecule has 2 rings (SSSR count). The Morgan fingerprint density at radius 3 is 2.89 bits per heavy atom. The predicted octanol–water partition coefficient (Wildman–Crippen LogP) is 1.33. The van der Waals surface area contributed by atoms with Crippen LogP contribution in [0.3, 0.4) is 0 Å². The molecule has 1 aromatic rings. The van der Waals surface area contributed by atoms with Crippen molar-refractivity contribution >= 4 is 21.6 Å². The first-order chi connectivity index (χ1) is 9.01. The monoisotopic (exact) mass is 304 g/mol. The van der Waals surface area contributed by atoms with E-state index < -0.39 is 10.0 Å². The van der Waals surface area contributed by atoms with Crippen LogP contribution in [-0.2, 0) is 21.2 Å². The molecule has 1 saturated heterocycles. The molecule has 0 aliphatic carbocycles. The summed E-state index contributed by atoms with van der Waals surface area (Å²) in [6.45, 7) is 0.997. The number of methoxy groups -OCH3 is 1. The number of nitrogens with zero attached hydrogens (tertiary/aromatic N) is 2. The molecule has 2 heterocycles. The molecule has 0 radical (unpaired) electrons. The molecule has 106 valence electrons. The number of aromatic nitrogens is 1. The molecular weight excluding hydrogens is 288 g/mol. The van der Waals surface area contributed by atoms with Gasteiger partial charge in [0.1, 0.15) is 5.15 Å². The van der Waals surface area contributed by atoms with Gasteiger partial charge in [-0.15, -0.1) is 0 Å². The molecule has 1 aliphatic heterocycles. The normalized spacial score (nSPS) is 20.8. The third-order valence-electron chi connectivity index (χ3n) is 3.27. The Labute approximate surface area is 118 Å². The Balaban J connectivity index is 1.93. The van der Waals surface area contributed by atoms with Gasteiger partial charge in [0.2, 0.25) is 10.0 Å². The molecule has 1 aromatic heterocycles. The lowest BCUT2D eigenvalue weighted by atomic mass is 10.2. The number of aryl methyl sites for hydroxylation is 1. The number of pyridine rings is 1. The first-order valence-corrected chi connectivity index (χ1v) is 8.11. The molecule has 0 bridgehead atoms. The highest BCUT2D eigenvalue weighted by Crippen LogP contribution is 2.17. The highest BCUT2D eigenvalue weighted by molar-refractivity contribution is 7.89. The molecule has 0 N–H and O–H groups in total. The maximum atomic E-state index is 12.2. The minimum atomic E-state index is -3.22. The van der Waals surface area contributed by atoms with E-state index in [9.17, 15) is 8.42 Å². The van der Waals surface area contributed by atoms with Crippen molar-refractivity contribution in [3.8, 4) is 0 Å². The van der Waals surface area contributed by atoms with E-state index in [1.165, 1.54) is 4.31 Å². The van der Waals surface area contributed by atoms with Crippen LogP contribution in [0.2, 0.25) is 5.15 Å². The highest BCUT2D eigenvalue weighted by atomic mass is 35.5. The van der Waals surface area contributed by atoms with E-state index >= 15 is 0 Å². The molecule has 1 atom stereocenters.